The summed E-state index contributed by atoms with van der Waals surface area (Å²) < 4.78 is 31.5. The van der Waals surface area contributed by atoms with Crippen LogP contribution in [0.1, 0.15) is 34.1 Å². The van der Waals surface area contributed by atoms with E-state index in [1.54, 1.807) is 0 Å². The average Bonchev–Trinajstić information content (AvgIpc) is 2.26. The highest BCUT2D eigenvalue weighted by atomic mass is 32.2. The fraction of sp³-hybridized carbons (Fsp3) is 0.909. The highest BCUT2D eigenvalue weighted by Gasteiger charge is 2.51. The molecule has 2 N–H and O–H groups in total. The first-order chi connectivity index (χ1) is 8.13. The highest BCUT2D eigenvalue weighted by molar-refractivity contribution is 7.90. The molecule has 3 atom stereocenters. The number of rotatable bonds is 6. The second kappa shape index (κ2) is 5.14. The topological polar surface area (TPSA) is 92.7 Å². The standard InChI is InChI=1S/C11H21NO5S/c1-5-17-9-6-8(11(9,3)4)12-18(15,16)7(2)10(13)14/h7-9,12H,5-6H2,1-4H3,(H,13,14). The Balaban J connectivity index is 2.69. The molecule has 1 saturated carbocycles. The number of aliphatic carboxylic acids is 1. The first kappa shape index (κ1) is 15.4. The molecular formula is C11H21NO5S. The van der Waals surface area contributed by atoms with Crippen molar-refractivity contribution in [3.8, 4) is 0 Å². The van der Waals surface area contributed by atoms with Crippen LogP contribution in [0.2, 0.25) is 0 Å². The van der Waals surface area contributed by atoms with Crippen LogP contribution in [0.25, 0.3) is 0 Å². The van der Waals surface area contributed by atoms with Crippen molar-refractivity contribution in [2.75, 3.05) is 6.61 Å². The number of nitrogens with one attached hydrogen (secondary N) is 1. The maximum atomic E-state index is 11.8. The van der Waals surface area contributed by atoms with E-state index in [9.17, 15) is 13.2 Å². The van der Waals surface area contributed by atoms with Gasteiger partial charge in [0.2, 0.25) is 10.0 Å². The van der Waals surface area contributed by atoms with Crippen molar-refractivity contribution < 1.29 is 23.1 Å². The zero-order chi connectivity index (χ0) is 14.1. The molecule has 1 rings (SSSR count). The van der Waals surface area contributed by atoms with Crippen LogP contribution in [0.3, 0.4) is 0 Å². The zero-order valence-electron chi connectivity index (χ0n) is 11.1. The first-order valence-corrected chi connectivity index (χ1v) is 7.53. The summed E-state index contributed by atoms with van der Waals surface area (Å²) in [5.41, 5.74) is -0.318. The molecule has 0 amide bonds. The summed E-state index contributed by atoms with van der Waals surface area (Å²) in [6.45, 7) is 7.46. The quantitative estimate of drug-likeness (QED) is 0.742. The average molecular weight is 279 g/mol. The molecule has 0 aromatic carbocycles. The number of carboxylic acid groups (broad SMARTS) is 1. The van der Waals surface area contributed by atoms with Crippen molar-refractivity contribution in [2.45, 2.75) is 51.5 Å². The molecule has 0 spiro atoms. The minimum absolute atomic E-state index is 0.00957. The Hall–Kier alpha value is -0.660. The SMILES string of the molecule is CCOC1CC(NS(=O)(=O)C(C)C(=O)O)C1(C)C. The van der Waals surface area contributed by atoms with Crippen LogP contribution in [-0.4, -0.2) is 43.5 Å². The predicted molar refractivity (Wildman–Crippen MR) is 66.8 cm³/mol. The molecule has 18 heavy (non-hydrogen) atoms. The van der Waals surface area contributed by atoms with Gasteiger partial charge in [-0.1, -0.05) is 13.8 Å². The number of carboxylic acids is 1. The van der Waals surface area contributed by atoms with Crippen LogP contribution in [0.4, 0.5) is 0 Å². The smallest absolute Gasteiger partial charge is 0.323 e. The van der Waals surface area contributed by atoms with E-state index in [2.05, 4.69) is 4.72 Å². The third kappa shape index (κ3) is 2.84. The van der Waals surface area contributed by atoms with Crippen LogP contribution >= 0.6 is 0 Å². The Bertz CT molecular complexity index is 417. The largest absolute Gasteiger partial charge is 0.480 e. The van der Waals surface area contributed by atoms with Crippen molar-refractivity contribution >= 4 is 16.0 Å². The van der Waals surface area contributed by atoms with Crippen molar-refractivity contribution in [1.82, 2.24) is 4.72 Å². The third-order valence-corrected chi connectivity index (χ3v) is 5.41. The molecule has 3 unspecified atom stereocenters. The van der Waals surface area contributed by atoms with Gasteiger partial charge >= 0.3 is 5.97 Å². The van der Waals surface area contributed by atoms with Crippen LogP contribution in [-0.2, 0) is 19.6 Å². The summed E-state index contributed by atoms with van der Waals surface area (Å²) >= 11 is 0. The Morgan fingerprint density at radius 3 is 2.50 bits per heavy atom. The number of carbonyl (C=O) groups is 1. The lowest BCUT2D eigenvalue weighted by atomic mass is 9.65. The maximum Gasteiger partial charge on any atom is 0.323 e. The molecule has 1 fully saturated rings. The summed E-state index contributed by atoms with van der Waals surface area (Å²) in [7, 11) is -3.83. The molecule has 0 heterocycles. The Morgan fingerprint density at radius 2 is 2.11 bits per heavy atom. The van der Waals surface area contributed by atoms with Crippen LogP contribution in [0.5, 0.6) is 0 Å². The number of sulfonamides is 1. The normalized spacial score (nSPS) is 28.4. The monoisotopic (exact) mass is 279 g/mol. The lowest BCUT2D eigenvalue weighted by molar-refractivity contribution is -0.136. The number of ether oxygens (including phenoxy) is 1. The van der Waals surface area contributed by atoms with Crippen molar-refractivity contribution in [1.29, 1.82) is 0 Å². The molecular weight excluding hydrogens is 258 g/mol. The van der Waals surface area contributed by atoms with Crippen molar-refractivity contribution in [3.63, 3.8) is 0 Å². The molecule has 1 aliphatic carbocycles. The minimum atomic E-state index is -3.83. The van der Waals surface area contributed by atoms with Gasteiger partial charge in [0.1, 0.15) is 0 Å². The third-order valence-electron chi connectivity index (χ3n) is 3.67. The molecule has 6 nitrogen and oxygen atoms in total. The first-order valence-electron chi connectivity index (χ1n) is 5.98. The maximum absolute atomic E-state index is 11.8. The van der Waals surface area contributed by atoms with E-state index in [0.717, 1.165) is 6.92 Å². The van der Waals surface area contributed by atoms with Gasteiger partial charge in [-0.2, -0.15) is 0 Å². The van der Waals surface area contributed by atoms with Gasteiger partial charge in [0.25, 0.3) is 0 Å². The number of hydrogen-bond acceptors (Lipinski definition) is 4. The lowest BCUT2D eigenvalue weighted by Gasteiger charge is -2.51. The van der Waals surface area contributed by atoms with E-state index in [1.165, 1.54) is 0 Å². The predicted octanol–water partition coefficient (Wildman–Crippen LogP) is 0.583. The number of hydrogen-bond donors (Lipinski definition) is 2. The van der Waals surface area contributed by atoms with E-state index >= 15 is 0 Å². The minimum Gasteiger partial charge on any atom is -0.480 e. The van der Waals surface area contributed by atoms with Crippen LogP contribution in [0.15, 0.2) is 0 Å². The summed E-state index contributed by atoms with van der Waals surface area (Å²) in [5.74, 6) is -1.35. The second-order valence-corrected chi connectivity index (χ2v) is 7.23. The Labute approximate surface area is 108 Å². The van der Waals surface area contributed by atoms with Gasteiger partial charge in [-0.3, -0.25) is 4.79 Å². The molecule has 0 aliphatic heterocycles. The van der Waals surface area contributed by atoms with E-state index in [1.807, 2.05) is 20.8 Å². The molecule has 106 valence electrons. The summed E-state index contributed by atoms with van der Waals surface area (Å²) in [4.78, 5) is 10.7. The van der Waals surface area contributed by atoms with Gasteiger partial charge in [0.15, 0.2) is 5.25 Å². The van der Waals surface area contributed by atoms with E-state index in [-0.39, 0.29) is 17.6 Å². The fourth-order valence-electron chi connectivity index (χ4n) is 2.00. The zero-order valence-corrected chi connectivity index (χ0v) is 12.0. The summed E-state index contributed by atoms with van der Waals surface area (Å²) in [6, 6.07) is -0.277. The van der Waals surface area contributed by atoms with Crippen LogP contribution in [0, 0.1) is 5.41 Å². The van der Waals surface area contributed by atoms with E-state index in [0.29, 0.717) is 13.0 Å². The molecule has 0 radical (unpaired) electrons. The van der Waals surface area contributed by atoms with Gasteiger partial charge < -0.3 is 9.84 Å². The molecule has 0 aromatic heterocycles. The molecule has 0 bridgehead atoms. The molecule has 1 aliphatic rings. The molecule has 7 heteroatoms. The Kier molecular flexibility index (Phi) is 4.40. The van der Waals surface area contributed by atoms with Gasteiger partial charge in [0.05, 0.1) is 6.10 Å². The summed E-state index contributed by atoms with van der Waals surface area (Å²) in [5, 5.41) is 7.30. The highest BCUT2D eigenvalue weighted by Crippen LogP contribution is 2.43. The van der Waals surface area contributed by atoms with Crippen LogP contribution < -0.4 is 4.72 Å². The lowest BCUT2D eigenvalue weighted by Crippen LogP contribution is -2.63. The van der Waals surface area contributed by atoms with Gasteiger partial charge in [-0.25, -0.2) is 13.1 Å². The van der Waals surface area contributed by atoms with Gasteiger partial charge in [0, 0.05) is 18.1 Å². The second-order valence-electron chi connectivity index (χ2n) is 5.20. The fourth-order valence-corrected chi connectivity index (χ4v) is 3.27. The van der Waals surface area contributed by atoms with E-state index in [4.69, 9.17) is 9.84 Å². The molecule has 0 saturated heterocycles. The van der Waals surface area contributed by atoms with Gasteiger partial charge in [-0.05, 0) is 20.3 Å². The van der Waals surface area contributed by atoms with Crippen molar-refractivity contribution in [3.05, 3.63) is 0 Å². The summed E-state index contributed by atoms with van der Waals surface area (Å²) in [6.07, 6.45) is 0.585. The Morgan fingerprint density at radius 1 is 1.56 bits per heavy atom. The molecule has 0 aromatic rings. The van der Waals surface area contributed by atoms with E-state index < -0.39 is 21.2 Å². The van der Waals surface area contributed by atoms with Gasteiger partial charge in [-0.15, -0.1) is 0 Å². The van der Waals surface area contributed by atoms with Crippen molar-refractivity contribution in [2.24, 2.45) is 5.41 Å².